The highest BCUT2D eigenvalue weighted by Gasteiger charge is 2.03. The summed E-state index contributed by atoms with van der Waals surface area (Å²) in [5, 5.41) is 1.23. The fourth-order valence-electron chi connectivity index (χ4n) is 1.35. The summed E-state index contributed by atoms with van der Waals surface area (Å²) in [5.74, 6) is 0.933. The van der Waals surface area contributed by atoms with Crippen LogP contribution in [0.2, 0.25) is 0 Å². The van der Waals surface area contributed by atoms with Crippen molar-refractivity contribution < 1.29 is 3.07 Å². The molecule has 0 saturated carbocycles. The number of aryl methyl sites for hydroxylation is 1. The van der Waals surface area contributed by atoms with E-state index in [1.165, 1.54) is 10.9 Å². The minimum Gasteiger partial charge on any atom is -0.427 e. The van der Waals surface area contributed by atoms with Crippen molar-refractivity contribution in [3.8, 4) is 5.75 Å². The van der Waals surface area contributed by atoms with E-state index >= 15 is 0 Å². The summed E-state index contributed by atoms with van der Waals surface area (Å²) in [7, 11) is 0. The average Bonchev–Trinajstić information content (AvgIpc) is 2.53. The fraction of sp³-hybridized carbons (Fsp3) is 0.111. The molecule has 0 amide bonds. The summed E-state index contributed by atoms with van der Waals surface area (Å²) in [6, 6.07) is 6.06. The lowest BCUT2D eigenvalue weighted by Crippen LogP contribution is -1.80. The Balaban J connectivity index is 2.78. The van der Waals surface area contributed by atoms with Gasteiger partial charge in [0, 0.05) is 22.7 Å². The van der Waals surface area contributed by atoms with Gasteiger partial charge in [0.15, 0.2) is 23.0 Å². The van der Waals surface area contributed by atoms with Gasteiger partial charge in [-0.25, -0.2) is 0 Å². The van der Waals surface area contributed by atoms with E-state index in [1.54, 1.807) is 0 Å². The molecule has 0 radical (unpaired) electrons. The first-order valence-electron chi connectivity index (χ1n) is 3.68. The van der Waals surface area contributed by atoms with Gasteiger partial charge in [-0.05, 0) is 25.1 Å². The van der Waals surface area contributed by atoms with Crippen LogP contribution in [0.3, 0.4) is 0 Å². The molecule has 0 atom stereocenters. The van der Waals surface area contributed by atoms with Crippen molar-refractivity contribution in [2.45, 2.75) is 6.92 Å². The van der Waals surface area contributed by atoms with Gasteiger partial charge in [-0.15, -0.1) is 0 Å². The number of benzene rings is 1. The highest BCUT2D eigenvalue weighted by atomic mass is 127. The Morgan fingerprint density at radius 1 is 1.33 bits per heavy atom. The van der Waals surface area contributed by atoms with Crippen LogP contribution in [-0.4, -0.2) is 4.98 Å². The summed E-state index contributed by atoms with van der Waals surface area (Å²) in [6.07, 6.45) is 1.94. The van der Waals surface area contributed by atoms with Crippen LogP contribution in [0, 0.1) is 6.92 Å². The molecule has 2 nitrogen and oxygen atoms in total. The zero-order valence-corrected chi connectivity index (χ0v) is 8.75. The van der Waals surface area contributed by atoms with E-state index in [-0.39, 0.29) is 0 Å². The standard InChI is InChI=1S/C9H8INO/c1-6-7-4-5-11-8(7)2-3-9(6)12-10/h2-5,11H,1H3. The van der Waals surface area contributed by atoms with Crippen molar-refractivity contribution in [2.75, 3.05) is 0 Å². The molecule has 0 spiro atoms. The highest BCUT2D eigenvalue weighted by molar-refractivity contribution is 14.1. The third-order valence-corrected chi connectivity index (χ3v) is 2.51. The van der Waals surface area contributed by atoms with E-state index in [0.717, 1.165) is 11.3 Å². The van der Waals surface area contributed by atoms with Gasteiger partial charge in [0.2, 0.25) is 0 Å². The Morgan fingerprint density at radius 2 is 2.17 bits per heavy atom. The zero-order chi connectivity index (χ0) is 8.55. The van der Waals surface area contributed by atoms with Gasteiger partial charge in [0.1, 0.15) is 5.75 Å². The van der Waals surface area contributed by atoms with Gasteiger partial charge < -0.3 is 8.05 Å². The molecule has 2 aromatic rings. The van der Waals surface area contributed by atoms with Gasteiger partial charge in [0.25, 0.3) is 0 Å². The number of hydrogen-bond donors (Lipinski definition) is 1. The van der Waals surface area contributed by atoms with E-state index in [9.17, 15) is 0 Å². The number of rotatable bonds is 1. The number of hydrogen-bond acceptors (Lipinski definition) is 1. The molecular weight excluding hydrogens is 265 g/mol. The number of H-pyrrole nitrogens is 1. The van der Waals surface area contributed by atoms with E-state index in [4.69, 9.17) is 3.07 Å². The van der Waals surface area contributed by atoms with Crippen molar-refractivity contribution in [3.63, 3.8) is 0 Å². The maximum absolute atomic E-state index is 5.18. The van der Waals surface area contributed by atoms with Crippen LogP contribution >= 0.6 is 23.0 Å². The number of halogens is 1. The molecule has 0 unspecified atom stereocenters. The number of aromatic amines is 1. The average molecular weight is 273 g/mol. The third kappa shape index (κ3) is 1.08. The predicted octanol–water partition coefficient (Wildman–Crippen LogP) is 3.21. The summed E-state index contributed by atoms with van der Waals surface area (Å²) in [4.78, 5) is 3.15. The lowest BCUT2D eigenvalue weighted by molar-refractivity contribution is 0.711. The maximum atomic E-state index is 5.18. The summed E-state index contributed by atoms with van der Waals surface area (Å²) < 4.78 is 5.18. The zero-order valence-electron chi connectivity index (χ0n) is 6.60. The van der Waals surface area contributed by atoms with Crippen LogP contribution in [-0.2, 0) is 0 Å². The fourth-order valence-corrected chi connectivity index (χ4v) is 1.82. The summed E-state index contributed by atoms with van der Waals surface area (Å²) >= 11 is 1.90. The molecule has 0 fully saturated rings. The molecule has 2 rings (SSSR count). The molecule has 1 heterocycles. The van der Waals surface area contributed by atoms with E-state index in [0.29, 0.717) is 0 Å². The predicted molar refractivity (Wildman–Crippen MR) is 57.7 cm³/mol. The maximum Gasteiger partial charge on any atom is 0.192 e. The van der Waals surface area contributed by atoms with Gasteiger partial charge in [-0.3, -0.25) is 0 Å². The van der Waals surface area contributed by atoms with Gasteiger partial charge in [0.05, 0.1) is 0 Å². The Morgan fingerprint density at radius 3 is 2.92 bits per heavy atom. The molecule has 0 aliphatic rings. The van der Waals surface area contributed by atoms with Crippen molar-refractivity contribution in [1.29, 1.82) is 0 Å². The SMILES string of the molecule is Cc1c(OI)ccc2[nH]ccc12. The monoisotopic (exact) mass is 273 g/mol. The van der Waals surface area contributed by atoms with Crippen LogP contribution < -0.4 is 3.07 Å². The molecule has 1 N–H and O–H groups in total. The Hall–Kier alpha value is -0.710. The van der Waals surface area contributed by atoms with Crippen LogP contribution in [0.1, 0.15) is 5.56 Å². The first kappa shape index (κ1) is 7.91. The molecule has 0 bridgehead atoms. The Kier molecular flexibility index (Phi) is 1.96. The van der Waals surface area contributed by atoms with Crippen molar-refractivity contribution in [2.24, 2.45) is 0 Å². The van der Waals surface area contributed by atoms with E-state index in [1.807, 2.05) is 41.3 Å². The molecule has 0 aliphatic carbocycles. The second-order valence-electron chi connectivity index (χ2n) is 2.70. The second-order valence-corrected chi connectivity index (χ2v) is 3.15. The van der Waals surface area contributed by atoms with Gasteiger partial charge in [-0.1, -0.05) is 0 Å². The number of fused-ring (bicyclic) bond motifs is 1. The number of nitrogens with one attached hydrogen (secondary N) is 1. The highest BCUT2D eigenvalue weighted by Crippen LogP contribution is 2.27. The van der Waals surface area contributed by atoms with Crippen molar-refractivity contribution >= 4 is 33.9 Å². The first-order valence-corrected chi connectivity index (χ1v) is 4.56. The lowest BCUT2D eigenvalue weighted by atomic mass is 10.1. The van der Waals surface area contributed by atoms with Crippen LogP contribution in [0.15, 0.2) is 24.4 Å². The third-order valence-electron chi connectivity index (χ3n) is 2.04. The minimum absolute atomic E-state index is 0.933. The van der Waals surface area contributed by atoms with Crippen LogP contribution in [0.5, 0.6) is 5.75 Å². The van der Waals surface area contributed by atoms with E-state index in [2.05, 4.69) is 18.0 Å². The van der Waals surface area contributed by atoms with Crippen LogP contribution in [0.25, 0.3) is 10.9 Å². The Bertz CT molecular complexity index is 408. The second kappa shape index (κ2) is 2.97. The molecule has 0 aliphatic heterocycles. The molecule has 12 heavy (non-hydrogen) atoms. The smallest absolute Gasteiger partial charge is 0.192 e. The summed E-state index contributed by atoms with van der Waals surface area (Å²) in [6.45, 7) is 2.06. The summed E-state index contributed by atoms with van der Waals surface area (Å²) in [5.41, 5.74) is 2.34. The number of aromatic nitrogens is 1. The van der Waals surface area contributed by atoms with Gasteiger partial charge in [-0.2, -0.15) is 0 Å². The van der Waals surface area contributed by atoms with Crippen molar-refractivity contribution in [1.82, 2.24) is 4.98 Å². The largest absolute Gasteiger partial charge is 0.427 e. The van der Waals surface area contributed by atoms with Crippen molar-refractivity contribution in [3.05, 3.63) is 30.0 Å². The topological polar surface area (TPSA) is 25.0 Å². The lowest BCUT2D eigenvalue weighted by Gasteiger charge is -2.02. The molecule has 1 aromatic heterocycles. The molecule has 0 saturated heterocycles. The van der Waals surface area contributed by atoms with E-state index < -0.39 is 0 Å². The van der Waals surface area contributed by atoms with Gasteiger partial charge >= 0.3 is 0 Å². The molecule has 3 heteroatoms. The molecular formula is C9H8INO. The quantitative estimate of drug-likeness (QED) is 0.793. The van der Waals surface area contributed by atoms with Crippen LogP contribution in [0.4, 0.5) is 0 Å². The molecule has 62 valence electrons. The molecule has 1 aromatic carbocycles. The Labute approximate surface area is 84.6 Å². The first-order chi connectivity index (χ1) is 5.83. The minimum atomic E-state index is 0.933. The normalized spacial score (nSPS) is 10.5.